The van der Waals surface area contributed by atoms with Gasteiger partial charge < -0.3 is 9.80 Å². The molecule has 2 saturated heterocycles. The van der Waals surface area contributed by atoms with Gasteiger partial charge >= 0.3 is 0 Å². The molecule has 136 valence electrons. The minimum absolute atomic E-state index is 0.139. The summed E-state index contributed by atoms with van der Waals surface area (Å²) >= 11 is 0. The highest BCUT2D eigenvalue weighted by Crippen LogP contribution is 2.27. The Morgan fingerprint density at radius 3 is 2.19 bits per heavy atom. The van der Waals surface area contributed by atoms with Gasteiger partial charge in [0.25, 0.3) is 0 Å². The van der Waals surface area contributed by atoms with Gasteiger partial charge in [0, 0.05) is 32.4 Å². The molecule has 1 aromatic heterocycles. The van der Waals surface area contributed by atoms with Crippen LogP contribution in [0.5, 0.6) is 0 Å². The number of carbonyl (C=O) groups is 1. The van der Waals surface area contributed by atoms with Crippen molar-refractivity contribution in [1.82, 2.24) is 14.8 Å². The van der Waals surface area contributed by atoms with Crippen molar-refractivity contribution in [2.45, 2.75) is 18.9 Å². The summed E-state index contributed by atoms with van der Waals surface area (Å²) in [5, 5.41) is 0. The van der Waals surface area contributed by atoms with Crippen LogP contribution >= 0.6 is 0 Å². The Hall–Kier alpha value is -2.40. The smallest absolute Gasteiger partial charge is 0.244 e. The zero-order chi connectivity index (χ0) is 17.8. The summed E-state index contributed by atoms with van der Waals surface area (Å²) < 4.78 is 0. The first-order chi connectivity index (χ1) is 12.8. The zero-order valence-corrected chi connectivity index (χ0v) is 15.1. The summed E-state index contributed by atoms with van der Waals surface area (Å²) in [4.78, 5) is 24.5. The first-order valence-corrected chi connectivity index (χ1v) is 9.57. The zero-order valence-electron chi connectivity index (χ0n) is 15.1. The molecule has 5 heteroatoms. The fraction of sp³-hybridized carbons (Fsp3) is 0.429. The third-order valence-corrected chi connectivity index (χ3v) is 5.42. The van der Waals surface area contributed by atoms with Crippen LogP contribution in [0, 0.1) is 0 Å². The fourth-order valence-corrected chi connectivity index (χ4v) is 4.01. The number of likely N-dealkylation sites (tertiary alicyclic amines) is 1. The van der Waals surface area contributed by atoms with Crippen molar-refractivity contribution in [3.05, 3.63) is 60.3 Å². The maximum Gasteiger partial charge on any atom is 0.244 e. The molecule has 2 aliphatic rings. The molecule has 0 bridgehead atoms. The van der Waals surface area contributed by atoms with E-state index < -0.39 is 0 Å². The lowest BCUT2D eigenvalue weighted by atomic mass is 10.0. The lowest BCUT2D eigenvalue weighted by Crippen LogP contribution is -2.52. The molecule has 2 aromatic rings. The van der Waals surface area contributed by atoms with Gasteiger partial charge in [0.2, 0.25) is 5.91 Å². The van der Waals surface area contributed by atoms with Gasteiger partial charge in [0.1, 0.15) is 11.9 Å². The van der Waals surface area contributed by atoms with E-state index in [1.807, 2.05) is 47.5 Å². The molecule has 3 heterocycles. The normalized spacial score (nSPS) is 19.5. The van der Waals surface area contributed by atoms with Gasteiger partial charge in [0.05, 0.1) is 0 Å². The van der Waals surface area contributed by atoms with E-state index in [0.29, 0.717) is 0 Å². The number of hydrogen-bond acceptors (Lipinski definition) is 4. The number of aromatic nitrogens is 1. The Kier molecular flexibility index (Phi) is 5.16. The van der Waals surface area contributed by atoms with E-state index in [1.165, 1.54) is 12.8 Å². The van der Waals surface area contributed by atoms with Crippen molar-refractivity contribution < 1.29 is 4.79 Å². The lowest BCUT2D eigenvalue weighted by molar-refractivity contribution is -0.137. The van der Waals surface area contributed by atoms with Crippen LogP contribution < -0.4 is 4.90 Å². The first-order valence-electron chi connectivity index (χ1n) is 9.57. The highest BCUT2D eigenvalue weighted by molar-refractivity contribution is 5.83. The molecular weight excluding hydrogens is 324 g/mol. The molecule has 0 spiro atoms. The van der Waals surface area contributed by atoms with Gasteiger partial charge in [-0.25, -0.2) is 4.98 Å². The molecule has 2 aliphatic heterocycles. The third-order valence-electron chi connectivity index (χ3n) is 5.42. The molecule has 0 radical (unpaired) electrons. The molecule has 2 fully saturated rings. The van der Waals surface area contributed by atoms with Crippen molar-refractivity contribution in [1.29, 1.82) is 0 Å². The average molecular weight is 350 g/mol. The second-order valence-electron chi connectivity index (χ2n) is 7.06. The number of carbonyl (C=O) groups excluding carboxylic acids is 1. The Labute approximate surface area is 155 Å². The standard InChI is InChI=1S/C21H26N4O/c26-21(20(24-12-6-7-13-24)18-8-2-1-3-9-18)25-16-14-23(15-17-25)19-10-4-5-11-22-19/h1-5,8-11,20H,6-7,12-17H2. The Bertz CT molecular complexity index is 707. The molecule has 4 rings (SSSR count). The topological polar surface area (TPSA) is 39.7 Å². The van der Waals surface area contributed by atoms with Crippen LogP contribution in [-0.2, 0) is 4.79 Å². The van der Waals surface area contributed by atoms with E-state index in [0.717, 1.165) is 50.6 Å². The van der Waals surface area contributed by atoms with E-state index in [-0.39, 0.29) is 11.9 Å². The third kappa shape index (κ3) is 3.58. The van der Waals surface area contributed by atoms with Crippen molar-refractivity contribution in [2.75, 3.05) is 44.2 Å². The molecular formula is C21H26N4O. The number of amides is 1. The van der Waals surface area contributed by atoms with Crippen molar-refractivity contribution in [2.24, 2.45) is 0 Å². The maximum absolute atomic E-state index is 13.4. The van der Waals surface area contributed by atoms with Gasteiger partial charge in [0.15, 0.2) is 0 Å². The molecule has 1 atom stereocenters. The predicted octanol–water partition coefficient (Wildman–Crippen LogP) is 2.57. The summed E-state index contributed by atoms with van der Waals surface area (Å²) in [5.74, 6) is 1.25. The monoisotopic (exact) mass is 350 g/mol. The molecule has 1 amide bonds. The number of anilines is 1. The maximum atomic E-state index is 13.4. The van der Waals surface area contributed by atoms with Crippen LogP contribution in [0.15, 0.2) is 54.7 Å². The molecule has 26 heavy (non-hydrogen) atoms. The van der Waals surface area contributed by atoms with Gasteiger partial charge in [-0.1, -0.05) is 36.4 Å². The van der Waals surface area contributed by atoms with E-state index in [4.69, 9.17) is 0 Å². The van der Waals surface area contributed by atoms with Crippen LogP contribution in [0.1, 0.15) is 24.4 Å². The molecule has 5 nitrogen and oxygen atoms in total. The van der Waals surface area contributed by atoms with Crippen LogP contribution in [0.2, 0.25) is 0 Å². The van der Waals surface area contributed by atoms with Gasteiger partial charge in [-0.15, -0.1) is 0 Å². The highest BCUT2D eigenvalue weighted by atomic mass is 16.2. The molecule has 1 aromatic carbocycles. The second kappa shape index (κ2) is 7.87. The molecule has 0 N–H and O–H groups in total. The van der Waals surface area contributed by atoms with Crippen molar-refractivity contribution in [3.8, 4) is 0 Å². The summed E-state index contributed by atoms with van der Waals surface area (Å²) in [6.45, 7) is 5.21. The van der Waals surface area contributed by atoms with Crippen LogP contribution in [0.4, 0.5) is 5.82 Å². The van der Waals surface area contributed by atoms with Gasteiger partial charge in [-0.2, -0.15) is 0 Å². The molecule has 1 unspecified atom stereocenters. The van der Waals surface area contributed by atoms with Crippen LogP contribution in [-0.4, -0.2) is 60.0 Å². The minimum atomic E-state index is -0.139. The van der Waals surface area contributed by atoms with E-state index in [1.54, 1.807) is 0 Å². The first kappa shape index (κ1) is 17.0. The van der Waals surface area contributed by atoms with E-state index in [2.05, 4.69) is 26.9 Å². The summed E-state index contributed by atoms with van der Waals surface area (Å²) in [6.07, 6.45) is 4.19. The van der Waals surface area contributed by atoms with E-state index in [9.17, 15) is 4.79 Å². The van der Waals surface area contributed by atoms with Crippen LogP contribution in [0.3, 0.4) is 0 Å². The summed E-state index contributed by atoms with van der Waals surface area (Å²) in [6, 6.07) is 16.1. The number of hydrogen-bond donors (Lipinski definition) is 0. The number of benzene rings is 1. The minimum Gasteiger partial charge on any atom is -0.353 e. The van der Waals surface area contributed by atoms with Crippen molar-refractivity contribution >= 4 is 11.7 Å². The number of piperazine rings is 1. The Morgan fingerprint density at radius 2 is 1.54 bits per heavy atom. The Balaban J connectivity index is 1.47. The summed E-state index contributed by atoms with van der Waals surface area (Å²) in [5.41, 5.74) is 1.12. The SMILES string of the molecule is O=C(C(c1ccccc1)N1CCCC1)N1CCN(c2ccccn2)CC1. The highest BCUT2D eigenvalue weighted by Gasteiger charge is 2.34. The van der Waals surface area contributed by atoms with Gasteiger partial charge in [-0.05, 0) is 43.6 Å². The molecule has 0 aliphatic carbocycles. The predicted molar refractivity (Wildman–Crippen MR) is 103 cm³/mol. The van der Waals surface area contributed by atoms with Crippen molar-refractivity contribution in [3.63, 3.8) is 0 Å². The number of nitrogens with zero attached hydrogens (tertiary/aromatic N) is 4. The largest absolute Gasteiger partial charge is 0.353 e. The summed E-state index contributed by atoms with van der Waals surface area (Å²) in [7, 11) is 0. The number of rotatable bonds is 4. The molecule has 0 saturated carbocycles. The average Bonchev–Trinajstić information content (AvgIpc) is 3.24. The second-order valence-corrected chi connectivity index (χ2v) is 7.06. The fourth-order valence-electron chi connectivity index (χ4n) is 4.01. The Morgan fingerprint density at radius 1 is 0.846 bits per heavy atom. The van der Waals surface area contributed by atoms with Crippen LogP contribution in [0.25, 0.3) is 0 Å². The number of pyridine rings is 1. The van der Waals surface area contributed by atoms with E-state index >= 15 is 0 Å². The lowest BCUT2D eigenvalue weighted by Gasteiger charge is -2.38. The quantitative estimate of drug-likeness (QED) is 0.850. The van der Waals surface area contributed by atoms with Gasteiger partial charge in [-0.3, -0.25) is 9.69 Å².